The second kappa shape index (κ2) is 3.44. The highest BCUT2D eigenvalue weighted by Crippen LogP contribution is 2.23. The summed E-state index contributed by atoms with van der Waals surface area (Å²) in [4.78, 5) is 0. The van der Waals surface area contributed by atoms with Gasteiger partial charge in [-0.05, 0) is 24.8 Å². The molecule has 0 saturated carbocycles. The van der Waals surface area contributed by atoms with E-state index in [-0.39, 0.29) is 0 Å². The third-order valence-electron chi connectivity index (χ3n) is 1.51. The topological polar surface area (TPSA) is 23.5 Å². The van der Waals surface area contributed by atoms with Crippen LogP contribution in [-0.2, 0) is 0 Å². The molecule has 1 saturated heterocycles. The molecule has 1 fully saturated rings. The predicted molar refractivity (Wildman–Crippen MR) is 39.4 cm³/mol. The van der Waals surface area contributed by atoms with Gasteiger partial charge in [0.1, 0.15) is 0 Å². The van der Waals surface area contributed by atoms with Crippen LogP contribution in [0.4, 0.5) is 0 Å². The van der Waals surface area contributed by atoms with Gasteiger partial charge in [0, 0.05) is 11.8 Å². The van der Waals surface area contributed by atoms with E-state index in [2.05, 4.69) is 6.92 Å². The van der Waals surface area contributed by atoms with Gasteiger partial charge in [0.25, 0.3) is 0 Å². The molecule has 0 spiro atoms. The standard InChI is InChI=1S/C6H13NOS/c1-6-4-2-3-5-7(8)9-6/h6,8H,2-5H2,1H3. The zero-order valence-corrected chi connectivity index (χ0v) is 6.52. The lowest BCUT2D eigenvalue weighted by molar-refractivity contribution is 0.0171. The lowest BCUT2D eigenvalue weighted by Crippen LogP contribution is -2.11. The Morgan fingerprint density at radius 2 is 2.33 bits per heavy atom. The summed E-state index contributed by atoms with van der Waals surface area (Å²) >= 11 is 1.55. The first-order valence-electron chi connectivity index (χ1n) is 3.42. The van der Waals surface area contributed by atoms with E-state index >= 15 is 0 Å². The van der Waals surface area contributed by atoms with Crippen LogP contribution in [0.2, 0.25) is 0 Å². The average Bonchev–Trinajstić information content (AvgIpc) is 1.93. The Bertz CT molecular complexity index is 79.1. The smallest absolute Gasteiger partial charge is 0.0354 e. The molecule has 9 heavy (non-hydrogen) atoms. The summed E-state index contributed by atoms with van der Waals surface area (Å²) in [5.74, 6) is 0. The van der Waals surface area contributed by atoms with Gasteiger partial charge in [-0.2, -0.15) is 0 Å². The molecule has 0 aromatic rings. The summed E-state index contributed by atoms with van der Waals surface area (Å²) in [6.07, 6.45) is 3.63. The van der Waals surface area contributed by atoms with E-state index in [1.165, 1.54) is 17.3 Å². The first-order valence-corrected chi connectivity index (χ1v) is 4.26. The van der Waals surface area contributed by atoms with Gasteiger partial charge in [0.2, 0.25) is 0 Å². The van der Waals surface area contributed by atoms with Gasteiger partial charge in [-0.3, -0.25) is 0 Å². The molecule has 0 aliphatic carbocycles. The summed E-state index contributed by atoms with van der Waals surface area (Å²) in [7, 11) is 0. The number of hydrogen-bond donors (Lipinski definition) is 1. The Balaban J connectivity index is 2.29. The normalized spacial score (nSPS) is 32.0. The van der Waals surface area contributed by atoms with Crippen LogP contribution in [0.15, 0.2) is 0 Å². The fraction of sp³-hybridized carbons (Fsp3) is 1.00. The molecule has 2 nitrogen and oxygen atoms in total. The Morgan fingerprint density at radius 1 is 1.56 bits per heavy atom. The van der Waals surface area contributed by atoms with Crippen LogP contribution in [0.5, 0.6) is 0 Å². The molecular formula is C6H13NOS. The van der Waals surface area contributed by atoms with E-state index in [9.17, 15) is 0 Å². The molecule has 1 N–H and O–H groups in total. The third-order valence-corrected chi connectivity index (χ3v) is 2.53. The fourth-order valence-electron chi connectivity index (χ4n) is 0.992. The largest absolute Gasteiger partial charge is 0.303 e. The molecule has 0 bridgehead atoms. The lowest BCUT2D eigenvalue weighted by Gasteiger charge is -2.11. The molecule has 1 rings (SSSR count). The highest BCUT2D eigenvalue weighted by atomic mass is 32.2. The Kier molecular flexibility index (Phi) is 2.82. The number of nitrogens with zero attached hydrogens (tertiary/aromatic N) is 1. The van der Waals surface area contributed by atoms with E-state index in [0.29, 0.717) is 5.25 Å². The van der Waals surface area contributed by atoms with Gasteiger partial charge in [-0.15, -0.1) is 4.47 Å². The summed E-state index contributed by atoms with van der Waals surface area (Å²) in [5.41, 5.74) is 0. The lowest BCUT2D eigenvalue weighted by atomic mass is 10.2. The minimum absolute atomic E-state index is 0.595. The highest BCUT2D eigenvalue weighted by Gasteiger charge is 2.12. The van der Waals surface area contributed by atoms with Gasteiger partial charge < -0.3 is 5.21 Å². The van der Waals surface area contributed by atoms with E-state index in [0.717, 1.165) is 13.0 Å². The van der Waals surface area contributed by atoms with Crippen LogP contribution < -0.4 is 0 Å². The molecule has 1 aliphatic rings. The van der Waals surface area contributed by atoms with E-state index < -0.39 is 0 Å². The van der Waals surface area contributed by atoms with Crippen molar-refractivity contribution in [2.45, 2.75) is 31.4 Å². The summed E-state index contributed by atoms with van der Waals surface area (Å²) in [6, 6.07) is 0. The second-order valence-electron chi connectivity index (χ2n) is 2.49. The zero-order chi connectivity index (χ0) is 6.69. The van der Waals surface area contributed by atoms with Crippen LogP contribution in [0.25, 0.3) is 0 Å². The minimum Gasteiger partial charge on any atom is -0.303 e. The fourth-order valence-corrected chi connectivity index (χ4v) is 1.91. The number of hydrogen-bond acceptors (Lipinski definition) is 3. The molecule has 0 radical (unpaired) electrons. The maximum Gasteiger partial charge on any atom is 0.0354 e. The van der Waals surface area contributed by atoms with Crippen LogP contribution >= 0.6 is 11.9 Å². The summed E-state index contributed by atoms with van der Waals surface area (Å²) in [6.45, 7) is 2.98. The monoisotopic (exact) mass is 147 g/mol. The van der Waals surface area contributed by atoms with Crippen LogP contribution in [0.3, 0.4) is 0 Å². The quantitative estimate of drug-likeness (QED) is 0.529. The van der Waals surface area contributed by atoms with Crippen molar-refractivity contribution in [3.05, 3.63) is 0 Å². The van der Waals surface area contributed by atoms with Crippen LogP contribution in [0, 0.1) is 0 Å². The third kappa shape index (κ3) is 2.56. The van der Waals surface area contributed by atoms with Gasteiger partial charge in [0.05, 0.1) is 0 Å². The van der Waals surface area contributed by atoms with Crippen molar-refractivity contribution < 1.29 is 5.21 Å². The Hall–Kier alpha value is 0.270. The molecule has 0 amide bonds. The highest BCUT2D eigenvalue weighted by molar-refractivity contribution is 7.97. The molecule has 3 heteroatoms. The zero-order valence-electron chi connectivity index (χ0n) is 5.71. The summed E-state index contributed by atoms with van der Waals surface area (Å²) < 4.78 is 1.36. The molecule has 1 unspecified atom stereocenters. The van der Waals surface area contributed by atoms with Crippen molar-refractivity contribution in [1.82, 2.24) is 4.47 Å². The van der Waals surface area contributed by atoms with Crippen molar-refractivity contribution in [2.24, 2.45) is 0 Å². The molecule has 54 valence electrons. The molecular weight excluding hydrogens is 134 g/mol. The molecule has 0 aromatic carbocycles. The van der Waals surface area contributed by atoms with Crippen molar-refractivity contribution in [3.63, 3.8) is 0 Å². The van der Waals surface area contributed by atoms with Crippen LogP contribution in [-0.4, -0.2) is 21.5 Å². The maximum atomic E-state index is 9.06. The Morgan fingerprint density at radius 3 is 3.11 bits per heavy atom. The maximum absolute atomic E-state index is 9.06. The predicted octanol–water partition coefficient (Wildman–Crippen LogP) is 1.90. The van der Waals surface area contributed by atoms with Crippen molar-refractivity contribution in [3.8, 4) is 0 Å². The van der Waals surface area contributed by atoms with Gasteiger partial charge in [-0.1, -0.05) is 13.3 Å². The Labute approximate surface area is 60.3 Å². The van der Waals surface area contributed by atoms with Gasteiger partial charge >= 0.3 is 0 Å². The van der Waals surface area contributed by atoms with Crippen LogP contribution in [0.1, 0.15) is 26.2 Å². The number of hydroxylamine groups is 1. The molecule has 1 aliphatic heterocycles. The number of rotatable bonds is 0. The summed E-state index contributed by atoms with van der Waals surface area (Å²) in [5, 5.41) is 9.65. The minimum atomic E-state index is 0.595. The average molecular weight is 147 g/mol. The van der Waals surface area contributed by atoms with Crippen molar-refractivity contribution >= 4 is 11.9 Å². The van der Waals surface area contributed by atoms with Gasteiger partial charge in [0.15, 0.2) is 0 Å². The van der Waals surface area contributed by atoms with E-state index in [1.807, 2.05) is 0 Å². The van der Waals surface area contributed by atoms with E-state index in [4.69, 9.17) is 5.21 Å². The SMILES string of the molecule is CC1CCCCN(O)S1. The first kappa shape index (κ1) is 7.38. The van der Waals surface area contributed by atoms with Crippen molar-refractivity contribution in [1.29, 1.82) is 0 Å². The van der Waals surface area contributed by atoms with Crippen molar-refractivity contribution in [2.75, 3.05) is 6.54 Å². The van der Waals surface area contributed by atoms with E-state index in [1.54, 1.807) is 11.9 Å². The molecule has 0 aromatic heterocycles. The molecule has 1 atom stereocenters. The van der Waals surface area contributed by atoms with Gasteiger partial charge in [-0.25, -0.2) is 0 Å². The molecule has 1 heterocycles. The second-order valence-corrected chi connectivity index (χ2v) is 3.92. The first-order chi connectivity index (χ1) is 4.29.